The van der Waals surface area contributed by atoms with Gasteiger partial charge in [-0.15, -0.1) is 11.3 Å². The van der Waals surface area contributed by atoms with E-state index in [0.717, 1.165) is 0 Å². The van der Waals surface area contributed by atoms with Gasteiger partial charge in [0.05, 0.1) is 11.9 Å². The Morgan fingerprint density at radius 2 is 2.15 bits per heavy atom. The van der Waals surface area contributed by atoms with Gasteiger partial charge in [0, 0.05) is 0 Å². The van der Waals surface area contributed by atoms with Crippen molar-refractivity contribution in [2.24, 2.45) is 0 Å². The van der Waals surface area contributed by atoms with Gasteiger partial charge in [0.25, 0.3) is 10.0 Å². The van der Waals surface area contributed by atoms with Gasteiger partial charge in [-0.05, 0) is 30.7 Å². The van der Waals surface area contributed by atoms with Crippen LogP contribution in [0.2, 0.25) is 5.15 Å². The van der Waals surface area contributed by atoms with Crippen molar-refractivity contribution in [3.05, 3.63) is 40.0 Å². The molecule has 2 aromatic heterocycles. The Morgan fingerprint density at radius 1 is 1.45 bits per heavy atom. The number of aryl methyl sites for hydroxylation is 1. The second kappa shape index (κ2) is 5.39. The van der Waals surface area contributed by atoms with Crippen molar-refractivity contribution in [1.82, 2.24) is 4.98 Å². The van der Waals surface area contributed by atoms with Crippen LogP contribution in [-0.2, 0) is 10.0 Å². The third-order valence-corrected chi connectivity index (χ3v) is 5.67. The number of pyridine rings is 1. The number of sulfonamides is 1. The summed E-state index contributed by atoms with van der Waals surface area (Å²) >= 11 is 6.43. The highest BCUT2D eigenvalue weighted by Crippen LogP contribution is 2.25. The van der Waals surface area contributed by atoms with Crippen molar-refractivity contribution < 1.29 is 18.3 Å². The molecule has 0 aliphatic heterocycles. The first-order valence-corrected chi connectivity index (χ1v) is 7.95. The van der Waals surface area contributed by atoms with Crippen molar-refractivity contribution in [2.75, 3.05) is 4.72 Å². The Kier molecular flexibility index (Phi) is 3.98. The van der Waals surface area contributed by atoms with Gasteiger partial charge in [-0.3, -0.25) is 4.72 Å². The molecular weight excluding hydrogens is 324 g/mol. The molecule has 2 rings (SSSR count). The Labute approximate surface area is 124 Å². The Hall–Kier alpha value is -1.64. The largest absolute Gasteiger partial charge is 0.477 e. The third kappa shape index (κ3) is 3.09. The number of thiophene rings is 1. The first kappa shape index (κ1) is 14.8. The summed E-state index contributed by atoms with van der Waals surface area (Å²) in [6, 6.07) is 4.03. The molecule has 0 unspecified atom stereocenters. The van der Waals surface area contributed by atoms with Crippen LogP contribution in [0.3, 0.4) is 0 Å². The number of halogens is 1. The summed E-state index contributed by atoms with van der Waals surface area (Å²) in [7, 11) is -3.83. The number of carbonyl (C=O) groups is 1. The number of aromatic nitrogens is 1. The van der Waals surface area contributed by atoms with Crippen molar-refractivity contribution in [3.8, 4) is 0 Å². The van der Waals surface area contributed by atoms with Crippen LogP contribution in [0, 0.1) is 6.92 Å². The Bertz CT molecular complexity index is 770. The van der Waals surface area contributed by atoms with Crippen LogP contribution in [0.5, 0.6) is 0 Å². The fourth-order valence-corrected chi connectivity index (χ4v) is 3.68. The van der Waals surface area contributed by atoms with Crippen LogP contribution in [0.25, 0.3) is 0 Å². The van der Waals surface area contributed by atoms with Gasteiger partial charge in [0.2, 0.25) is 0 Å². The number of aromatic carboxylic acids is 1. The van der Waals surface area contributed by atoms with Crippen LogP contribution < -0.4 is 4.72 Å². The van der Waals surface area contributed by atoms with Crippen molar-refractivity contribution in [2.45, 2.75) is 11.1 Å². The molecule has 0 saturated carbocycles. The summed E-state index contributed by atoms with van der Waals surface area (Å²) in [6.45, 7) is 1.70. The van der Waals surface area contributed by atoms with Gasteiger partial charge in [0.1, 0.15) is 14.2 Å². The summed E-state index contributed by atoms with van der Waals surface area (Å²) in [4.78, 5) is 14.5. The van der Waals surface area contributed by atoms with Crippen LogP contribution in [0.15, 0.2) is 28.6 Å². The van der Waals surface area contributed by atoms with E-state index in [4.69, 9.17) is 16.7 Å². The smallest absolute Gasteiger partial charge is 0.345 e. The van der Waals surface area contributed by atoms with Crippen LogP contribution in [-0.4, -0.2) is 24.5 Å². The normalized spacial score (nSPS) is 11.3. The zero-order valence-corrected chi connectivity index (χ0v) is 12.5. The van der Waals surface area contributed by atoms with E-state index in [2.05, 4.69) is 9.71 Å². The second-order valence-corrected chi connectivity index (χ2v) is 7.21. The Morgan fingerprint density at radius 3 is 2.70 bits per heavy atom. The van der Waals surface area contributed by atoms with Crippen LogP contribution in [0.1, 0.15) is 15.2 Å². The van der Waals surface area contributed by atoms with Gasteiger partial charge in [-0.1, -0.05) is 11.6 Å². The van der Waals surface area contributed by atoms with Gasteiger partial charge in [-0.25, -0.2) is 18.2 Å². The molecule has 2 heterocycles. The first-order valence-electron chi connectivity index (χ1n) is 5.28. The summed E-state index contributed by atoms with van der Waals surface area (Å²) in [6.07, 6.45) is 1.29. The van der Waals surface area contributed by atoms with Gasteiger partial charge in [0.15, 0.2) is 0 Å². The average molecular weight is 333 g/mol. The summed E-state index contributed by atoms with van der Waals surface area (Å²) < 4.78 is 26.4. The minimum Gasteiger partial charge on any atom is -0.477 e. The number of anilines is 1. The zero-order valence-electron chi connectivity index (χ0n) is 10.1. The molecular formula is C11H9ClN2O4S2. The lowest BCUT2D eigenvalue weighted by molar-refractivity contribution is 0.0702. The van der Waals surface area contributed by atoms with Gasteiger partial charge < -0.3 is 5.11 Å². The molecule has 0 saturated heterocycles. The molecule has 0 spiro atoms. The third-order valence-electron chi connectivity index (χ3n) is 2.32. The number of nitrogens with one attached hydrogen (secondary N) is 1. The van der Waals surface area contributed by atoms with Crippen LogP contribution >= 0.6 is 22.9 Å². The number of hydrogen-bond donors (Lipinski definition) is 2. The lowest BCUT2D eigenvalue weighted by Crippen LogP contribution is -2.11. The maximum atomic E-state index is 12.1. The molecule has 0 aliphatic carbocycles. The minimum absolute atomic E-state index is 0.0456. The van der Waals surface area contributed by atoms with E-state index in [0.29, 0.717) is 16.9 Å². The fraction of sp³-hybridized carbons (Fsp3) is 0.0909. The summed E-state index contributed by atoms with van der Waals surface area (Å²) in [5.74, 6) is -1.17. The zero-order chi connectivity index (χ0) is 14.9. The molecule has 106 valence electrons. The topological polar surface area (TPSA) is 96.4 Å². The predicted molar refractivity (Wildman–Crippen MR) is 76.1 cm³/mol. The van der Waals surface area contributed by atoms with E-state index in [1.54, 1.807) is 13.0 Å². The number of carboxylic acid groups (broad SMARTS) is 1. The predicted octanol–water partition coefficient (Wildman–Crippen LogP) is 2.60. The summed E-state index contributed by atoms with van der Waals surface area (Å²) in [5, 5.41) is 9.08. The van der Waals surface area contributed by atoms with Crippen molar-refractivity contribution >= 4 is 44.6 Å². The standard InChI is InChI=1S/C11H9ClN2O4S2/c1-6-4-7(5-13-10(6)12)14-20(17,18)9-3-2-8(19-9)11(15)16/h2-5,14H,1H3,(H,15,16). The number of rotatable bonds is 4. The second-order valence-electron chi connectivity index (χ2n) is 3.86. The molecule has 2 N–H and O–H groups in total. The van der Waals surface area contributed by atoms with Crippen molar-refractivity contribution in [1.29, 1.82) is 0 Å². The van der Waals surface area contributed by atoms with Crippen LogP contribution in [0.4, 0.5) is 5.69 Å². The number of hydrogen-bond acceptors (Lipinski definition) is 5. The fourth-order valence-electron chi connectivity index (χ4n) is 1.40. The molecule has 0 fully saturated rings. The molecule has 0 aromatic carbocycles. The minimum atomic E-state index is -3.83. The molecule has 0 radical (unpaired) electrons. The Balaban J connectivity index is 2.30. The molecule has 2 aromatic rings. The maximum Gasteiger partial charge on any atom is 0.345 e. The van der Waals surface area contributed by atoms with E-state index in [-0.39, 0.29) is 19.9 Å². The SMILES string of the molecule is Cc1cc(NS(=O)(=O)c2ccc(C(=O)O)s2)cnc1Cl. The number of nitrogens with zero attached hydrogens (tertiary/aromatic N) is 1. The molecule has 9 heteroatoms. The molecule has 6 nitrogen and oxygen atoms in total. The molecule has 20 heavy (non-hydrogen) atoms. The average Bonchev–Trinajstić information content (AvgIpc) is 2.84. The lowest BCUT2D eigenvalue weighted by atomic mass is 10.3. The molecule has 0 aliphatic rings. The quantitative estimate of drug-likeness (QED) is 0.839. The van der Waals surface area contributed by atoms with Gasteiger partial charge >= 0.3 is 5.97 Å². The first-order chi connectivity index (χ1) is 9.29. The van der Waals surface area contributed by atoms with E-state index in [9.17, 15) is 13.2 Å². The monoisotopic (exact) mass is 332 g/mol. The van der Waals surface area contributed by atoms with Gasteiger partial charge in [-0.2, -0.15) is 0 Å². The summed E-state index contributed by atoms with van der Waals surface area (Å²) in [5.41, 5.74) is 0.890. The highest BCUT2D eigenvalue weighted by atomic mass is 35.5. The maximum absolute atomic E-state index is 12.1. The highest BCUT2D eigenvalue weighted by molar-refractivity contribution is 7.94. The lowest BCUT2D eigenvalue weighted by Gasteiger charge is -2.07. The van der Waals surface area contributed by atoms with Crippen molar-refractivity contribution in [3.63, 3.8) is 0 Å². The van der Waals surface area contributed by atoms with E-state index >= 15 is 0 Å². The number of carboxylic acids is 1. The van der Waals surface area contributed by atoms with E-state index in [1.165, 1.54) is 18.3 Å². The molecule has 0 atom stereocenters. The van der Waals surface area contributed by atoms with E-state index in [1.807, 2.05) is 0 Å². The molecule has 0 bridgehead atoms. The molecule has 0 amide bonds. The highest BCUT2D eigenvalue weighted by Gasteiger charge is 2.19. The van der Waals surface area contributed by atoms with E-state index < -0.39 is 16.0 Å².